The van der Waals surface area contributed by atoms with Crippen molar-refractivity contribution in [2.75, 3.05) is 14.2 Å². The molecule has 6 nitrogen and oxygen atoms in total. The Bertz CT molecular complexity index is 1180. The lowest BCUT2D eigenvalue weighted by atomic mass is 10.1. The van der Waals surface area contributed by atoms with Crippen molar-refractivity contribution >= 4 is 11.0 Å². The largest absolute Gasteiger partial charge is 0.493 e. The van der Waals surface area contributed by atoms with Crippen molar-refractivity contribution in [1.82, 2.24) is 9.78 Å². The molecule has 2 aromatic heterocycles. The molecule has 6 heteroatoms. The molecule has 0 fully saturated rings. The van der Waals surface area contributed by atoms with Gasteiger partial charge in [-0.15, -0.1) is 0 Å². The molecule has 0 spiro atoms. The van der Waals surface area contributed by atoms with Gasteiger partial charge in [0.25, 0.3) is 0 Å². The van der Waals surface area contributed by atoms with Crippen molar-refractivity contribution in [3.8, 4) is 28.3 Å². The zero-order chi connectivity index (χ0) is 19.0. The summed E-state index contributed by atoms with van der Waals surface area (Å²) in [6.07, 6.45) is 3.49. The molecule has 136 valence electrons. The summed E-state index contributed by atoms with van der Waals surface area (Å²) >= 11 is 0. The average molecular weight is 362 g/mol. The summed E-state index contributed by atoms with van der Waals surface area (Å²) in [5.74, 6) is 1.41. The zero-order valence-electron chi connectivity index (χ0n) is 15.2. The summed E-state index contributed by atoms with van der Waals surface area (Å²) < 4.78 is 18.4. The number of rotatable bonds is 4. The Hall–Kier alpha value is -3.54. The van der Waals surface area contributed by atoms with Crippen LogP contribution in [0.3, 0.4) is 0 Å². The van der Waals surface area contributed by atoms with Gasteiger partial charge in [-0.1, -0.05) is 18.2 Å². The van der Waals surface area contributed by atoms with Gasteiger partial charge in [0.1, 0.15) is 5.76 Å². The molecule has 0 N–H and O–H groups in total. The molecule has 0 amide bonds. The van der Waals surface area contributed by atoms with Crippen LogP contribution in [-0.4, -0.2) is 24.0 Å². The number of nitrogens with zero attached hydrogens (tertiary/aromatic N) is 2. The van der Waals surface area contributed by atoms with Crippen molar-refractivity contribution in [2.24, 2.45) is 0 Å². The minimum Gasteiger partial charge on any atom is -0.493 e. The number of benzene rings is 2. The van der Waals surface area contributed by atoms with Crippen molar-refractivity contribution in [1.29, 1.82) is 0 Å². The Balaban J connectivity index is 1.91. The first kappa shape index (κ1) is 16.9. The second-order valence-electron chi connectivity index (χ2n) is 6.05. The molecule has 0 radical (unpaired) electrons. The molecule has 0 atom stereocenters. The van der Waals surface area contributed by atoms with Crippen LogP contribution in [-0.2, 0) is 0 Å². The fourth-order valence-electron chi connectivity index (χ4n) is 3.19. The molecule has 4 rings (SSSR count). The molecule has 27 heavy (non-hydrogen) atoms. The van der Waals surface area contributed by atoms with Gasteiger partial charge in [-0.2, -0.15) is 5.10 Å². The monoisotopic (exact) mass is 362 g/mol. The molecule has 4 aromatic rings. The summed E-state index contributed by atoms with van der Waals surface area (Å²) in [7, 11) is 3.06. The molecule has 0 aliphatic heterocycles. The van der Waals surface area contributed by atoms with Gasteiger partial charge in [-0.05, 0) is 31.2 Å². The first-order valence-corrected chi connectivity index (χ1v) is 8.43. The Morgan fingerprint density at radius 3 is 2.52 bits per heavy atom. The number of hydrogen-bond donors (Lipinski definition) is 0. The number of hydrogen-bond acceptors (Lipinski definition) is 5. The predicted molar refractivity (Wildman–Crippen MR) is 103 cm³/mol. The third kappa shape index (κ3) is 2.75. The lowest BCUT2D eigenvalue weighted by molar-refractivity contribution is 0.352. The topological polar surface area (TPSA) is 66.5 Å². The van der Waals surface area contributed by atoms with E-state index in [-0.39, 0.29) is 5.43 Å². The molecule has 0 aliphatic carbocycles. The van der Waals surface area contributed by atoms with Gasteiger partial charge in [0.15, 0.2) is 11.3 Å². The second-order valence-corrected chi connectivity index (χ2v) is 6.05. The number of aryl methyl sites for hydroxylation is 1. The van der Waals surface area contributed by atoms with E-state index in [9.17, 15) is 4.79 Å². The van der Waals surface area contributed by atoms with Crippen molar-refractivity contribution in [2.45, 2.75) is 6.92 Å². The van der Waals surface area contributed by atoms with Crippen LogP contribution in [0.25, 0.3) is 27.8 Å². The van der Waals surface area contributed by atoms with Crippen LogP contribution >= 0.6 is 0 Å². The molecule has 0 unspecified atom stereocenters. The van der Waals surface area contributed by atoms with Gasteiger partial charge in [0, 0.05) is 11.8 Å². The number of methoxy groups -OCH3 is 2. The first-order valence-electron chi connectivity index (χ1n) is 8.43. The molecule has 0 bridgehead atoms. The molecule has 2 aromatic carbocycles. The number of fused-ring (bicyclic) bond motifs is 1. The molecule has 0 saturated heterocycles. The van der Waals surface area contributed by atoms with Gasteiger partial charge in [-0.25, -0.2) is 4.68 Å². The van der Waals surface area contributed by atoms with E-state index in [1.807, 2.05) is 36.5 Å². The van der Waals surface area contributed by atoms with E-state index < -0.39 is 0 Å². The Morgan fingerprint density at radius 2 is 1.81 bits per heavy atom. The van der Waals surface area contributed by atoms with Crippen LogP contribution in [0.1, 0.15) is 5.76 Å². The highest BCUT2D eigenvalue weighted by molar-refractivity contribution is 5.88. The Morgan fingerprint density at radius 1 is 1.04 bits per heavy atom. The zero-order valence-corrected chi connectivity index (χ0v) is 15.2. The van der Waals surface area contributed by atoms with E-state index in [2.05, 4.69) is 5.10 Å². The minimum absolute atomic E-state index is 0.137. The van der Waals surface area contributed by atoms with E-state index in [1.54, 1.807) is 37.0 Å². The van der Waals surface area contributed by atoms with E-state index in [4.69, 9.17) is 13.9 Å². The van der Waals surface area contributed by atoms with E-state index in [0.717, 1.165) is 5.69 Å². The summed E-state index contributed by atoms with van der Waals surface area (Å²) in [5, 5.41) is 4.81. The van der Waals surface area contributed by atoms with Crippen LogP contribution in [0.15, 0.2) is 64.1 Å². The lowest BCUT2D eigenvalue weighted by Crippen LogP contribution is -2.08. The third-order valence-corrected chi connectivity index (χ3v) is 4.47. The highest BCUT2D eigenvalue weighted by Gasteiger charge is 2.19. The second kappa shape index (κ2) is 6.64. The predicted octanol–water partition coefficient (Wildman–Crippen LogP) is 3.97. The van der Waals surface area contributed by atoms with Gasteiger partial charge < -0.3 is 13.9 Å². The SMILES string of the molecule is COc1ccc2c(=O)c(-c3cnn(-c4ccccc4)c3)c(C)oc2c1OC. The van der Waals surface area contributed by atoms with Gasteiger partial charge in [0.2, 0.25) is 11.2 Å². The highest BCUT2D eigenvalue weighted by atomic mass is 16.5. The number of para-hydroxylation sites is 1. The molecular formula is C21H18N2O4. The number of aromatic nitrogens is 2. The number of ether oxygens (including phenoxy) is 2. The fourth-order valence-corrected chi connectivity index (χ4v) is 3.19. The normalized spacial score (nSPS) is 10.9. The van der Waals surface area contributed by atoms with E-state index in [0.29, 0.717) is 39.4 Å². The van der Waals surface area contributed by atoms with E-state index in [1.165, 1.54) is 7.11 Å². The summed E-state index contributed by atoms with van der Waals surface area (Å²) in [5.41, 5.74) is 2.33. The summed E-state index contributed by atoms with van der Waals surface area (Å²) in [6, 6.07) is 13.1. The first-order chi connectivity index (χ1) is 13.1. The summed E-state index contributed by atoms with van der Waals surface area (Å²) in [4.78, 5) is 13.2. The lowest BCUT2D eigenvalue weighted by Gasteiger charge is -2.11. The van der Waals surface area contributed by atoms with E-state index >= 15 is 0 Å². The summed E-state index contributed by atoms with van der Waals surface area (Å²) in [6.45, 7) is 1.76. The maximum atomic E-state index is 13.2. The van der Waals surface area contributed by atoms with Gasteiger partial charge in [-0.3, -0.25) is 4.79 Å². The van der Waals surface area contributed by atoms with Crippen LogP contribution in [0.5, 0.6) is 11.5 Å². The van der Waals surface area contributed by atoms with Crippen LogP contribution in [0, 0.1) is 6.92 Å². The highest BCUT2D eigenvalue weighted by Crippen LogP contribution is 2.36. The minimum atomic E-state index is -0.137. The van der Waals surface area contributed by atoms with Crippen molar-refractivity contribution < 1.29 is 13.9 Å². The third-order valence-electron chi connectivity index (χ3n) is 4.47. The standard InChI is InChI=1S/C21H18N2O4/c1-13-18(14-11-22-23(12-14)15-7-5-4-6-8-15)19(24)16-9-10-17(25-2)21(26-3)20(16)27-13/h4-12H,1-3H3. The molecular weight excluding hydrogens is 344 g/mol. The van der Waals surface area contributed by atoms with Crippen LogP contribution < -0.4 is 14.9 Å². The molecule has 0 saturated carbocycles. The average Bonchev–Trinajstić information content (AvgIpc) is 3.17. The van der Waals surface area contributed by atoms with Crippen LogP contribution in [0.4, 0.5) is 0 Å². The smallest absolute Gasteiger partial charge is 0.204 e. The van der Waals surface area contributed by atoms with Crippen molar-refractivity contribution in [3.05, 3.63) is 70.8 Å². The van der Waals surface area contributed by atoms with Gasteiger partial charge >= 0.3 is 0 Å². The fraction of sp³-hybridized carbons (Fsp3) is 0.143. The quantitative estimate of drug-likeness (QED) is 0.549. The van der Waals surface area contributed by atoms with Gasteiger partial charge in [0.05, 0.1) is 37.1 Å². The van der Waals surface area contributed by atoms with Crippen molar-refractivity contribution in [3.63, 3.8) is 0 Å². The van der Waals surface area contributed by atoms with Crippen LogP contribution in [0.2, 0.25) is 0 Å². The Labute approximate surface area is 155 Å². The maximum Gasteiger partial charge on any atom is 0.204 e. The molecule has 2 heterocycles. The maximum absolute atomic E-state index is 13.2. The molecule has 0 aliphatic rings. The Kier molecular flexibility index (Phi) is 4.16.